The third kappa shape index (κ3) is 3.43. The van der Waals surface area contributed by atoms with Crippen molar-refractivity contribution in [3.63, 3.8) is 0 Å². The van der Waals surface area contributed by atoms with Gasteiger partial charge in [0.05, 0.1) is 0 Å². The van der Waals surface area contributed by atoms with E-state index in [4.69, 9.17) is 11.1 Å². The molecule has 0 aromatic heterocycles. The summed E-state index contributed by atoms with van der Waals surface area (Å²) in [5.41, 5.74) is 12.6. The molecule has 4 aliphatic rings. The van der Waals surface area contributed by atoms with E-state index in [1.54, 1.807) is 6.33 Å². The fourth-order valence-corrected chi connectivity index (χ4v) is 4.96. The van der Waals surface area contributed by atoms with E-state index in [2.05, 4.69) is 50.3 Å². The lowest BCUT2D eigenvalue weighted by Crippen LogP contribution is -2.52. The number of aromatic nitrogens is 3. The summed E-state index contributed by atoms with van der Waals surface area (Å²) in [4.78, 5) is 9.13. The number of nitrogens with one attached hydrogen (secondary N) is 1. The van der Waals surface area contributed by atoms with Crippen LogP contribution in [0.15, 0.2) is 36.7 Å². The van der Waals surface area contributed by atoms with Crippen LogP contribution in [-0.4, -0.2) is 58.3 Å². The van der Waals surface area contributed by atoms with Gasteiger partial charge in [-0.15, -0.1) is 5.10 Å². The third-order valence-electron chi connectivity index (χ3n) is 6.51. The Hall–Kier alpha value is -2.93. The Balaban J connectivity index is 1.35. The number of hydrogen-bond acceptors (Lipinski definition) is 5. The molecule has 1 aromatic carbocycles. The van der Waals surface area contributed by atoms with Crippen molar-refractivity contribution in [2.45, 2.75) is 32.1 Å². The van der Waals surface area contributed by atoms with E-state index in [0.29, 0.717) is 0 Å². The van der Waals surface area contributed by atoms with Crippen molar-refractivity contribution in [1.29, 1.82) is 5.41 Å². The number of nitrogens with two attached hydrogens (primary N) is 1. The summed E-state index contributed by atoms with van der Waals surface area (Å²) < 4.78 is 0. The van der Waals surface area contributed by atoms with Gasteiger partial charge in [0.25, 0.3) is 0 Å². The summed E-state index contributed by atoms with van der Waals surface area (Å²) in [6.45, 7) is 4.99. The molecule has 2 heterocycles. The number of fused-ring (bicyclic) bond motifs is 3. The molecule has 0 saturated carbocycles. The number of nitrogen functional groups attached to an aromatic ring is 1. The Morgan fingerprint density at radius 3 is 2.47 bits per heavy atom. The number of amidine groups is 1. The summed E-state index contributed by atoms with van der Waals surface area (Å²) in [6.07, 6.45) is 7.02. The van der Waals surface area contributed by atoms with Crippen LogP contribution in [0.2, 0.25) is 0 Å². The molecular weight excluding hydrogens is 374 g/mol. The quantitative estimate of drug-likeness (QED) is 0.503. The van der Waals surface area contributed by atoms with Crippen LogP contribution in [0.4, 0.5) is 0 Å². The first-order chi connectivity index (χ1) is 14.7. The van der Waals surface area contributed by atoms with Crippen molar-refractivity contribution in [2.75, 3.05) is 37.7 Å². The Morgan fingerprint density at radius 1 is 1.00 bits per heavy atom. The van der Waals surface area contributed by atoms with Gasteiger partial charge < -0.3 is 5.73 Å². The second-order valence-corrected chi connectivity index (χ2v) is 8.33. The lowest BCUT2D eigenvalue weighted by Gasteiger charge is -2.37. The zero-order valence-corrected chi connectivity index (χ0v) is 17.3. The van der Waals surface area contributed by atoms with Gasteiger partial charge >= 0.3 is 0 Å². The molecule has 0 spiro atoms. The maximum atomic E-state index is 8.12. The predicted molar refractivity (Wildman–Crippen MR) is 119 cm³/mol. The van der Waals surface area contributed by atoms with Crippen molar-refractivity contribution in [3.05, 3.63) is 58.9 Å². The van der Waals surface area contributed by atoms with Crippen LogP contribution in [0.25, 0.3) is 11.4 Å². The minimum Gasteiger partial charge on any atom is -0.384 e. The highest BCUT2D eigenvalue weighted by molar-refractivity contribution is 6.04. The van der Waals surface area contributed by atoms with Crippen LogP contribution >= 0.6 is 0 Å². The summed E-state index contributed by atoms with van der Waals surface area (Å²) >= 11 is 0. The fraction of sp³-hybridized carbons (Fsp3) is 0.435. The molecule has 0 unspecified atom stereocenters. The monoisotopic (exact) mass is 403 g/mol. The van der Waals surface area contributed by atoms with E-state index in [0.717, 1.165) is 75.4 Å². The Bertz CT molecular complexity index is 1000. The summed E-state index contributed by atoms with van der Waals surface area (Å²) in [5, 5.41) is 15.1. The number of hydrogen-bond donors (Lipinski definition) is 2. The molecule has 3 N–H and O–H groups in total. The Kier molecular flexibility index (Phi) is 5.12. The normalized spacial score (nSPS) is 17.3. The summed E-state index contributed by atoms with van der Waals surface area (Å²) in [6, 6.07) is 10.7. The van der Waals surface area contributed by atoms with Crippen LogP contribution < -0.4 is 10.7 Å². The molecule has 0 atom stereocenters. The predicted octanol–water partition coefficient (Wildman–Crippen LogP) is 2.04. The van der Waals surface area contributed by atoms with Gasteiger partial charge in [0.1, 0.15) is 23.6 Å². The van der Waals surface area contributed by atoms with E-state index in [-0.39, 0.29) is 5.84 Å². The average molecular weight is 404 g/mol. The highest BCUT2D eigenvalue weighted by atomic mass is 15.7. The molecule has 1 fully saturated rings. The second-order valence-electron chi connectivity index (χ2n) is 8.33. The molecule has 7 nitrogen and oxygen atoms in total. The van der Waals surface area contributed by atoms with Crippen LogP contribution in [0.5, 0.6) is 0 Å². The van der Waals surface area contributed by atoms with E-state index >= 15 is 0 Å². The molecule has 5 rings (SSSR count). The van der Waals surface area contributed by atoms with Crippen molar-refractivity contribution in [3.8, 4) is 11.4 Å². The lowest BCUT2D eigenvalue weighted by molar-refractivity contribution is 0.237. The molecule has 7 heteroatoms. The first-order valence-electron chi connectivity index (χ1n) is 11.0. The minimum absolute atomic E-state index is 0.124. The zero-order chi connectivity index (χ0) is 20.5. The fourth-order valence-electron chi connectivity index (χ4n) is 4.96. The maximum Gasteiger partial charge on any atom is 0.138 e. The van der Waals surface area contributed by atoms with E-state index < -0.39 is 0 Å². The van der Waals surface area contributed by atoms with Crippen LogP contribution in [0.1, 0.15) is 35.1 Å². The highest BCUT2D eigenvalue weighted by Gasteiger charge is 2.32. The van der Waals surface area contributed by atoms with E-state index in [1.807, 2.05) is 4.79 Å². The minimum atomic E-state index is 0.124. The maximum absolute atomic E-state index is 8.12. The third-order valence-corrected chi connectivity index (χ3v) is 6.51. The first-order valence-corrected chi connectivity index (χ1v) is 11.0. The molecule has 2 aliphatic carbocycles. The summed E-state index contributed by atoms with van der Waals surface area (Å²) in [7, 11) is 0. The van der Waals surface area contributed by atoms with Crippen LogP contribution in [0.3, 0.4) is 0 Å². The molecule has 0 radical (unpaired) electrons. The lowest BCUT2D eigenvalue weighted by atomic mass is 9.93. The van der Waals surface area contributed by atoms with Gasteiger partial charge in [0.2, 0.25) is 0 Å². The van der Waals surface area contributed by atoms with E-state index in [1.165, 1.54) is 23.1 Å². The highest BCUT2D eigenvalue weighted by Crippen LogP contribution is 2.39. The van der Waals surface area contributed by atoms with Crippen molar-refractivity contribution in [1.82, 2.24) is 19.8 Å². The van der Waals surface area contributed by atoms with Crippen molar-refractivity contribution < 1.29 is 0 Å². The van der Waals surface area contributed by atoms with Gasteiger partial charge in [-0.2, -0.15) is 4.79 Å². The largest absolute Gasteiger partial charge is 0.384 e. The van der Waals surface area contributed by atoms with Gasteiger partial charge in [-0.1, -0.05) is 30.3 Å². The topological polar surface area (TPSA) is 87.1 Å². The van der Waals surface area contributed by atoms with Gasteiger partial charge in [-0.3, -0.25) is 15.3 Å². The van der Waals surface area contributed by atoms with Gasteiger partial charge in [0.15, 0.2) is 0 Å². The zero-order valence-electron chi connectivity index (χ0n) is 17.3. The molecular formula is C23H29N7. The van der Waals surface area contributed by atoms with Gasteiger partial charge in [-0.05, 0) is 48.8 Å². The average Bonchev–Trinajstić information content (AvgIpc) is 3.14. The molecule has 0 amide bonds. The van der Waals surface area contributed by atoms with Crippen LogP contribution in [-0.2, 0) is 19.3 Å². The molecule has 1 saturated heterocycles. The van der Waals surface area contributed by atoms with Crippen LogP contribution in [0, 0.1) is 5.41 Å². The van der Waals surface area contributed by atoms with E-state index in [9.17, 15) is 0 Å². The van der Waals surface area contributed by atoms with Gasteiger partial charge in [0, 0.05) is 38.3 Å². The molecule has 2 aliphatic heterocycles. The molecule has 156 valence electrons. The summed E-state index contributed by atoms with van der Waals surface area (Å²) in [5.74, 6) is 0.124. The standard InChI is InChI=1S/C23H29N7/c24-23(25)20-18-8-4-5-9-19(18)22-21(20)26-16-27-30(22)29-14-12-28(13-15-29)11-10-17-6-2-1-3-7-17/h1-3,6-7,16H,4-5,8-15H2,(H3,24,25). The molecule has 0 bridgehead atoms. The van der Waals surface area contributed by atoms with Crippen molar-refractivity contribution >= 4 is 5.84 Å². The Labute approximate surface area is 177 Å². The number of rotatable bonds is 5. The number of piperazine rings is 1. The van der Waals surface area contributed by atoms with Crippen molar-refractivity contribution in [2.24, 2.45) is 5.73 Å². The second kappa shape index (κ2) is 8.07. The number of nitrogens with zero attached hydrogens (tertiary/aromatic N) is 5. The SMILES string of the molecule is N=C(N)c1c2ncnn(N3CCN(CCc4ccccc4)CC3)c-2c2c1CCCC2. The smallest absolute Gasteiger partial charge is 0.138 e. The number of benzene rings is 1. The van der Waals surface area contributed by atoms with Gasteiger partial charge in [-0.25, -0.2) is 4.98 Å². The Morgan fingerprint density at radius 2 is 1.73 bits per heavy atom. The first kappa shape index (κ1) is 19.1. The molecule has 30 heavy (non-hydrogen) atoms. The molecule has 1 aromatic rings.